The molecule has 0 unspecified atom stereocenters. The summed E-state index contributed by atoms with van der Waals surface area (Å²) in [4.78, 5) is 18.1. The van der Waals surface area contributed by atoms with E-state index in [1.54, 1.807) is 24.3 Å². The first-order valence-electron chi connectivity index (χ1n) is 22.6. The van der Waals surface area contributed by atoms with Crippen molar-refractivity contribution in [3.63, 3.8) is 0 Å². The normalized spacial score (nSPS) is 10.7. The van der Waals surface area contributed by atoms with Crippen molar-refractivity contribution in [2.24, 2.45) is 0 Å². The maximum absolute atomic E-state index is 9.39. The van der Waals surface area contributed by atoms with Gasteiger partial charge in [0.1, 0.15) is 5.69 Å². The van der Waals surface area contributed by atoms with E-state index in [1.165, 1.54) is 22.3 Å². The van der Waals surface area contributed by atoms with Gasteiger partial charge in [0.25, 0.3) is 0 Å². The number of benzene rings is 7. The molecule has 0 radical (unpaired) electrons. The standard InChI is InChI=1S/C63H42N5.Ir/c1-65-58-17-9-16-55(39-58)62-32-25-45(42-67-62)21-23-47-34-46(22-20-44-24-31-61(66-41-44)53-14-7-10-48(37-53)40-64)35-57(36-47)60-19-6-5-18-59(60)56-30-33-63(68-43-56)54-15-8-13-52(38-54)51-28-26-50(27-29-51)49-11-3-2-4-12-49;/h2-13,17-19,24-39,41-43H,20-23H2;/q-3;+3. The van der Waals surface area contributed by atoms with Crippen molar-refractivity contribution in [1.82, 2.24) is 15.0 Å². The Hall–Kier alpha value is -8.38. The summed E-state index contributed by atoms with van der Waals surface area (Å²) >= 11 is 0. The van der Waals surface area contributed by atoms with Gasteiger partial charge >= 0.3 is 20.1 Å². The minimum Gasteiger partial charge on any atom is -0.305 e. The topological polar surface area (TPSA) is 66.8 Å². The van der Waals surface area contributed by atoms with E-state index in [4.69, 9.17) is 21.5 Å². The smallest absolute Gasteiger partial charge is 0.305 e. The second kappa shape index (κ2) is 21.5. The first-order valence-corrected chi connectivity index (χ1v) is 22.6. The van der Waals surface area contributed by atoms with Crippen LogP contribution in [-0.2, 0) is 45.8 Å². The summed E-state index contributed by atoms with van der Waals surface area (Å²) in [5.41, 5.74) is 20.1. The zero-order valence-electron chi connectivity index (χ0n) is 37.5. The molecule has 328 valence electrons. The van der Waals surface area contributed by atoms with Gasteiger partial charge in [-0.05, 0) is 110 Å². The van der Waals surface area contributed by atoms with Gasteiger partial charge in [-0.2, -0.15) is 11.3 Å². The molecule has 0 fully saturated rings. The molecule has 0 amide bonds. The molecule has 0 spiro atoms. The fourth-order valence-corrected chi connectivity index (χ4v) is 8.58. The molecule has 0 atom stereocenters. The van der Waals surface area contributed by atoms with E-state index >= 15 is 0 Å². The average molecular weight is 1060 g/mol. The van der Waals surface area contributed by atoms with Gasteiger partial charge in [0.05, 0.1) is 12.6 Å². The molecular formula is C63H42IrN5. The molecule has 0 aliphatic heterocycles. The van der Waals surface area contributed by atoms with Crippen LogP contribution in [-0.4, -0.2) is 15.0 Å². The van der Waals surface area contributed by atoms with Gasteiger partial charge in [0.2, 0.25) is 0 Å². The quantitative estimate of drug-likeness (QED) is 0.108. The summed E-state index contributed by atoms with van der Waals surface area (Å²) < 4.78 is 0. The number of aromatic nitrogens is 3. The third-order valence-electron chi connectivity index (χ3n) is 12.2. The van der Waals surface area contributed by atoms with Gasteiger partial charge in [-0.1, -0.05) is 133 Å². The monoisotopic (exact) mass is 1060 g/mol. The number of hydrogen-bond acceptors (Lipinski definition) is 4. The van der Waals surface area contributed by atoms with E-state index in [1.807, 2.05) is 55.0 Å². The van der Waals surface area contributed by atoms with E-state index in [0.717, 1.165) is 104 Å². The van der Waals surface area contributed by atoms with Gasteiger partial charge in [0, 0.05) is 18.6 Å². The van der Waals surface area contributed by atoms with Crippen LogP contribution >= 0.6 is 0 Å². The van der Waals surface area contributed by atoms with Gasteiger partial charge < -0.3 is 15.0 Å². The van der Waals surface area contributed by atoms with Crippen molar-refractivity contribution in [2.75, 3.05) is 0 Å². The van der Waals surface area contributed by atoms with E-state index in [0.29, 0.717) is 11.3 Å². The van der Waals surface area contributed by atoms with Gasteiger partial charge in [-0.15, -0.1) is 89.0 Å². The molecule has 0 saturated carbocycles. The minimum atomic E-state index is 0. The van der Waals surface area contributed by atoms with E-state index in [2.05, 4.69) is 157 Å². The van der Waals surface area contributed by atoms with Crippen LogP contribution in [0.1, 0.15) is 27.8 Å². The van der Waals surface area contributed by atoms with Crippen molar-refractivity contribution < 1.29 is 20.1 Å². The van der Waals surface area contributed by atoms with Gasteiger partial charge in [-0.3, -0.25) is 4.85 Å². The fraction of sp³-hybridized carbons (Fsp3) is 0.0635. The Labute approximate surface area is 417 Å². The van der Waals surface area contributed by atoms with Crippen molar-refractivity contribution in [3.8, 4) is 84.3 Å². The molecule has 69 heavy (non-hydrogen) atoms. The van der Waals surface area contributed by atoms with Crippen LogP contribution in [0.25, 0.3) is 83.1 Å². The van der Waals surface area contributed by atoms with Crippen LogP contribution in [0.3, 0.4) is 0 Å². The third kappa shape index (κ3) is 10.9. The molecule has 6 heteroatoms. The molecule has 10 rings (SSSR count). The zero-order chi connectivity index (χ0) is 46.1. The molecule has 7 aromatic carbocycles. The third-order valence-corrected chi connectivity index (χ3v) is 12.2. The first kappa shape index (κ1) is 45.8. The number of nitriles is 1. The second-order valence-corrected chi connectivity index (χ2v) is 16.7. The number of nitrogens with zero attached hydrogens (tertiary/aromatic N) is 5. The molecule has 10 aromatic rings. The maximum Gasteiger partial charge on any atom is 3.00 e. The van der Waals surface area contributed by atoms with Crippen LogP contribution in [0.5, 0.6) is 0 Å². The largest absolute Gasteiger partial charge is 3.00 e. The second-order valence-electron chi connectivity index (χ2n) is 16.7. The predicted molar refractivity (Wildman–Crippen MR) is 273 cm³/mol. The first-order chi connectivity index (χ1) is 33.5. The van der Waals surface area contributed by atoms with Crippen molar-refractivity contribution in [1.29, 1.82) is 5.26 Å². The molecule has 0 aliphatic carbocycles. The van der Waals surface area contributed by atoms with Crippen molar-refractivity contribution >= 4 is 5.69 Å². The Morgan fingerprint density at radius 3 is 1.49 bits per heavy atom. The molecule has 0 saturated heterocycles. The summed E-state index contributed by atoms with van der Waals surface area (Å²) in [5.74, 6) is 0. The van der Waals surface area contributed by atoms with E-state index < -0.39 is 0 Å². The van der Waals surface area contributed by atoms with Crippen LogP contribution in [0.2, 0.25) is 0 Å². The summed E-state index contributed by atoms with van der Waals surface area (Å²) in [6.07, 6.45) is 9.15. The van der Waals surface area contributed by atoms with Crippen LogP contribution in [0.4, 0.5) is 5.69 Å². The summed E-state index contributed by atoms with van der Waals surface area (Å²) in [7, 11) is 0. The Kier molecular flexibility index (Phi) is 14.3. The number of aryl methyl sites for hydroxylation is 4. The van der Waals surface area contributed by atoms with E-state index in [9.17, 15) is 5.26 Å². The molecule has 3 heterocycles. The molecule has 0 N–H and O–H groups in total. The molecular weight excluding hydrogens is 1020 g/mol. The predicted octanol–water partition coefficient (Wildman–Crippen LogP) is 14.9. The fourth-order valence-electron chi connectivity index (χ4n) is 8.58. The Balaban J connectivity index is 0.00000593. The van der Waals surface area contributed by atoms with E-state index in [-0.39, 0.29) is 20.1 Å². The molecule has 0 bridgehead atoms. The van der Waals surface area contributed by atoms with Gasteiger partial charge in [0.15, 0.2) is 0 Å². The average Bonchev–Trinajstić information content (AvgIpc) is 3.42. The molecule has 5 nitrogen and oxygen atoms in total. The summed E-state index contributed by atoms with van der Waals surface area (Å²) in [6.45, 7) is 7.40. The van der Waals surface area contributed by atoms with Crippen molar-refractivity contribution in [3.05, 3.63) is 264 Å². The molecule has 3 aromatic heterocycles. The van der Waals surface area contributed by atoms with Crippen LogP contribution in [0, 0.1) is 36.1 Å². The zero-order valence-corrected chi connectivity index (χ0v) is 39.9. The summed E-state index contributed by atoms with van der Waals surface area (Å²) in [6, 6.07) is 76.3. The van der Waals surface area contributed by atoms with Gasteiger partial charge in [-0.25, -0.2) is 0 Å². The Morgan fingerprint density at radius 1 is 0.420 bits per heavy atom. The maximum atomic E-state index is 9.39. The minimum absolute atomic E-state index is 0. The Morgan fingerprint density at radius 2 is 0.913 bits per heavy atom. The van der Waals surface area contributed by atoms with Crippen LogP contribution < -0.4 is 0 Å². The SMILES string of the molecule is [C-]#[N+]c1cc[c-]c(-c2ccc(CCc3cc(CCc4ccc(-c5[c-]ccc(C#N)c5)nc4)cc(-c4ccccc4-c4ccc(-c5[c-]ccc(-c6ccc(-c7ccccc7)cc6)c5)nc4)c3)cn2)c1.[Ir+3]. The van der Waals surface area contributed by atoms with Crippen LogP contribution in [0.15, 0.2) is 207 Å². The molecule has 0 aliphatic rings. The Bertz CT molecular complexity index is 3320. The number of pyridine rings is 3. The summed E-state index contributed by atoms with van der Waals surface area (Å²) in [5, 5.41) is 9.39. The number of hydrogen-bond donors (Lipinski definition) is 0. The number of rotatable bonds is 13. The van der Waals surface area contributed by atoms with Crippen molar-refractivity contribution in [2.45, 2.75) is 25.7 Å².